The van der Waals surface area contributed by atoms with Crippen molar-refractivity contribution in [2.24, 2.45) is 5.73 Å². The molecule has 0 saturated carbocycles. The number of nitrogens with zero attached hydrogens (tertiary/aromatic N) is 6. The lowest BCUT2D eigenvalue weighted by molar-refractivity contribution is 0.122. The van der Waals surface area contributed by atoms with Crippen molar-refractivity contribution >= 4 is 28.2 Å². The standard InChI is InChI=1S/C22H26N8O/c23-15-4-6-28(7-5-15)20-13-24-21-22(29-8-10-31-11-9-29)26-19(14-30(20)21)16-2-1-3-18-17(16)12-25-27-18/h1-3,12-15H,4-11,23H2,(H,25,27). The molecule has 160 valence electrons. The highest BCUT2D eigenvalue weighted by molar-refractivity contribution is 5.93. The van der Waals surface area contributed by atoms with Crippen LogP contribution in [0.2, 0.25) is 0 Å². The number of piperidine rings is 1. The second-order valence-corrected chi connectivity index (χ2v) is 8.32. The molecule has 0 aliphatic carbocycles. The summed E-state index contributed by atoms with van der Waals surface area (Å²) in [6.45, 7) is 4.90. The lowest BCUT2D eigenvalue weighted by Crippen LogP contribution is -2.40. The van der Waals surface area contributed by atoms with E-state index in [4.69, 9.17) is 20.4 Å². The van der Waals surface area contributed by atoms with Gasteiger partial charge in [-0.25, -0.2) is 9.97 Å². The maximum atomic E-state index is 6.14. The van der Waals surface area contributed by atoms with Crippen LogP contribution < -0.4 is 15.5 Å². The highest BCUT2D eigenvalue weighted by Gasteiger charge is 2.24. The monoisotopic (exact) mass is 418 g/mol. The molecule has 3 N–H and O–H groups in total. The van der Waals surface area contributed by atoms with E-state index in [9.17, 15) is 0 Å². The van der Waals surface area contributed by atoms with Crippen molar-refractivity contribution in [1.29, 1.82) is 0 Å². The van der Waals surface area contributed by atoms with E-state index in [1.165, 1.54) is 0 Å². The lowest BCUT2D eigenvalue weighted by atomic mass is 10.1. The fraction of sp³-hybridized carbons (Fsp3) is 0.409. The maximum Gasteiger partial charge on any atom is 0.181 e. The molecule has 2 aliphatic heterocycles. The number of fused-ring (bicyclic) bond motifs is 2. The van der Waals surface area contributed by atoms with Crippen LogP contribution >= 0.6 is 0 Å². The molecule has 0 atom stereocenters. The second-order valence-electron chi connectivity index (χ2n) is 8.32. The molecule has 2 fully saturated rings. The number of rotatable bonds is 3. The first kappa shape index (κ1) is 18.6. The Kier molecular flexibility index (Phi) is 4.50. The minimum Gasteiger partial charge on any atom is -0.378 e. The predicted octanol–water partition coefficient (Wildman–Crippen LogP) is 2.04. The van der Waals surface area contributed by atoms with Crippen molar-refractivity contribution in [1.82, 2.24) is 24.6 Å². The molecular weight excluding hydrogens is 392 g/mol. The molecule has 0 unspecified atom stereocenters. The van der Waals surface area contributed by atoms with Gasteiger partial charge < -0.3 is 20.3 Å². The number of hydrogen-bond donors (Lipinski definition) is 2. The van der Waals surface area contributed by atoms with Crippen molar-refractivity contribution < 1.29 is 4.74 Å². The summed E-state index contributed by atoms with van der Waals surface area (Å²) in [5.74, 6) is 2.00. The number of imidazole rings is 1. The van der Waals surface area contributed by atoms with Gasteiger partial charge in [-0.3, -0.25) is 9.50 Å². The number of anilines is 2. The molecule has 0 bridgehead atoms. The fourth-order valence-corrected chi connectivity index (χ4v) is 4.63. The third-order valence-corrected chi connectivity index (χ3v) is 6.39. The predicted molar refractivity (Wildman–Crippen MR) is 121 cm³/mol. The Hall–Kier alpha value is -3.17. The summed E-state index contributed by atoms with van der Waals surface area (Å²) in [7, 11) is 0. The Morgan fingerprint density at radius 1 is 1.03 bits per heavy atom. The van der Waals surface area contributed by atoms with Gasteiger partial charge in [-0.1, -0.05) is 12.1 Å². The van der Waals surface area contributed by atoms with E-state index < -0.39 is 0 Å². The first-order valence-electron chi connectivity index (χ1n) is 10.9. The van der Waals surface area contributed by atoms with Crippen LogP contribution in [0.5, 0.6) is 0 Å². The van der Waals surface area contributed by atoms with E-state index in [0.717, 1.165) is 78.5 Å². The van der Waals surface area contributed by atoms with Gasteiger partial charge >= 0.3 is 0 Å². The van der Waals surface area contributed by atoms with Gasteiger partial charge in [0, 0.05) is 49.4 Å². The maximum absolute atomic E-state index is 6.14. The molecule has 31 heavy (non-hydrogen) atoms. The molecule has 2 aliphatic rings. The molecule has 0 spiro atoms. The highest BCUT2D eigenvalue weighted by atomic mass is 16.5. The van der Waals surface area contributed by atoms with Crippen LogP contribution in [0.1, 0.15) is 12.8 Å². The van der Waals surface area contributed by atoms with E-state index in [1.807, 2.05) is 24.5 Å². The van der Waals surface area contributed by atoms with Gasteiger partial charge in [0.1, 0.15) is 5.82 Å². The van der Waals surface area contributed by atoms with Gasteiger partial charge in [0.25, 0.3) is 0 Å². The highest BCUT2D eigenvalue weighted by Crippen LogP contribution is 2.32. The summed E-state index contributed by atoms with van der Waals surface area (Å²) >= 11 is 0. The number of ether oxygens (including phenoxy) is 1. The average Bonchev–Trinajstić information content (AvgIpc) is 3.46. The molecule has 1 aromatic carbocycles. The third-order valence-electron chi connectivity index (χ3n) is 6.39. The summed E-state index contributed by atoms with van der Waals surface area (Å²) < 4.78 is 7.77. The van der Waals surface area contributed by atoms with Crippen molar-refractivity contribution in [2.45, 2.75) is 18.9 Å². The topological polar surface area (TPSA) is 101 Å². The summed E-state index contributed by atoms with van der Waals surface area (Å²) in [6, 6.07) is 6.46. The largest absolute Gasteiger partial charge is 0.378 e. The van der Waals surface area contributed by atoms with Gasteiger partial charge in [0.05, 0.1) is 36.8 Å². The molecule has 4 aromatic rings. The van der Waals surface area contributed by atoms with E-state index in [0.29, 0.717) is 13.2 Å². The van der Waals surface area contributed by atoms with Crippen LogP contribution in [-0.4, -0.2) is 70.0 Å². The quantitative estimate of drug-likeness (QED) is 0.525. The zero-order valence-corrected chi connectivity index (χ0v) is 17.4. The van der Waals surface area contributed by atoms with Crippen molar-refractivity contribution in [2.75, 3.05) is 49.2 Å². The summed E-state index contributed by atoms with van der Waals surface area (Å²) in [6.07, 6.45) is 7.94. The molecule has 0 amide bonds. The summed E-state index contributed by atoms with van der Waals surface area (Å²) in [5.41, 5.74) is 10.00. The molecular formula is C22H26N8O. The van der Waals surface area contributed by atoms with Crippen LogP contribution in [0.4, 0.5) is 11.6 Å². The number of aromatic amines is 1. The Morgan fingerprint density at radius 2 is 1.87 bits per heavy atom. The van der Waals surface area contributed by atoms with Gasteiger partial charge in [0.15, 0.2) is 11.5 Å². The third kappa shape index (κ3) is 3.21. The van der Waals surface area contributed by atoms with Crippen molar-refractivity contribution in [3.8, 4) is 11.3 Å². The van der Waals surface area contributed by atoms with Crippen LogP contribution in [0.25, 0.3) is 27.8 Å². The molecule has 3 aromatic heterocycles. The van der Waals surface area contributed by atoms with Crippen LogP contribution in [0.3, 0.4) is 0 Å². The van der Waals surface area contributed by atoms with E-state index in [2.05, 4.69) is 36.7 Å². The molecule has 9 heteroatoms. The first-order valence-corrected chi connectivity index (χ1v) is 10.9. The minimum atomic E-state index is 0.287. The van der Waals surface area contributed by atoms with E-state index >= 15 is 0 Å². The van der Waals surface area contributed by atoms with Crippen LogP contribution in [0, 0.1) is 0 Å². The Bertz CT molecular complexity index is 1220. The number of H-pyrrole nitrogens is 1. The SMILES string of the molecule is NC1CCN(c2cnc3c(N4CCOCC4)nc(-c4cccc5[nH]ncc45)cn23)CC1. The van der Waals surface area contributed by atoms with Gasteiger partial charge in [0.2, 0.25) is 0 Å². The summed E-state index contributed by atoms with van der Waals surface area (Å²) in [4.78, 5) is 14.6. The van der Waals surface area contributed by atoms with E-state index in [1.54, 1.807) is 0 Å². The number of aromatic nitrogens is 5. The minimum absolute atomic E-state index is 0.287. The molecule has 9 nitrogen and oxygen atoms in total. The Balaban J connectivity index is 1.53. The van der Waals surface area contributed by atoms with Crippen molar-refractivity contribution in [3.63, 3.8) is 0 Å². The Morgan fingerprint density at radius 3 is 2.71 bits per heavy atom. The van der Waals surface area contributed by atoms with Crippen molar-refractivity contribution in [3.05, 3.63) is 36.8 Å². The fourth-order valence-electron chi connectivity index (χ4n) is 4.63. The van der Waals surface area contributed by atoms with Crippen LogP contribution in [0.15, 0.2) is 36.8 Å². The molecule has 2 saturated heterocycles. The van der Waals surface area contributed by atoms with Gasteiger partial charge in [-0.2, -0.15) is 5.10 Å². The normalized spacial score (nSPS) is 18.4. The first-order chi connectivity index (χ1) is 15.3. The molecule has 6 rings (SSSR count). The number of nitrogens with two attached hydrogens (primary N) is 1. The van der Waals surface area contributed by atoms with Gasteiger partial charge in [-0.15, -0.1) is 0 Å². The zero-order valence-electron chi connectivity index (χ0n) is 17.4. The number of nitrogens with one attached hydrogen (secondary N) is 1. The lowest BCUT2D eigenvalue weighted by Gasteiger charge is -2.32. The average molecular weight is 419 g/mol. The zero-order chi connectivity index (χ0) is 20.8. The summed E-state index contributed by atoms with van der Waals surface area (Å²) in [5, 5.41) is 8.36. The van der Waals surface area contributed by atoms with Crippen LogP contribution in [-0.2, 0) is 4.74 Å². The number of morpholine rings is 1. The number of benzene rings is 1. The molecule has 5 heterocycles. The number of hydrogen-bond acceptors (Lipinski definition) is 7. The smallest absolute Gasteiger partial charge is 0.181 e. The Labute approximate surface area is 179 Å². The molecule has 0 radical (unpaired) electrons. The second kappa shape index (κ2) is 7.51. The van der Waals surface area contributed by atoms with E-state index in [-0.39, 0.29) is 6.04 Å². The van der Waals surface area contributed by atoms with Gasteiger partial charge in [-0.05, 0) is 18.9 Å².